The second-order valence-electron chi connectivity index (χ2n) is 33.8. The average Bonchev–Trinajstić information content (AvgIpc) is 0.898. The van der Waals surface area contributed by atoms with E-state index in [1.54, 1.807) is 0 Å². The van der Waals surface area contributed by atoms with Gasteiger partial charge in [-0.3, -0.25) is 37.3 Å². The molecule has 660 valence electrons. The second kappa shape index (κ2) is 83.1. The van der Waals surface area contributed by atoms with Crippen molar-refractivity contribution in [2.45, 2.75) is 516 Å². The van der Waals surface area contributed by atoms with Crippen LogP contribution < -0.4 is 0 Å². The van der Waals surface area contributed by atoms with Crippen LogP contribution in [0.5, 0.6) is 0 Å². The molecule has 0 bridgehead atoms. The van der Waals surface area contributed by atoms with Gasteiger partial charge < -0.3 is 33.8 Å². The molecule has 111 heavy (non-hydrogen) atoms. The van der Waals surface area contributed by atoms with Gasteiger partial charge in [0.15, 0.2) is 12.2 Å². The zero-order chi connectivity index (χ0) is 81.3. The van der Waals surface area contributed by atoms with Gasteiger partial charge in [-0.15, -0.1) is 0 Å². The molecule has 6 atom stereocenters. The van der Waals surface area contributed by atoms with Gasteiger partial charge in [0.1, 0.15) is 19.3 Å². The number of ether oxygens (including phenoxy) is 4. The van der Waals surface area contributed by atoms with Gasteiger partial charge in [-0.05, 0) is 37.5 Å². The van der Waals surface area contributed by atoms with Crippen LogP contribution in [-0.4, -0.2) is 96.7 Å². The number of unbranched alkanes of at least 4 members (excludes halogenated alkanes) is 60. The molecule has 0 spiro atoms. The largest absolute Gasteiger partial charge is 0.472 e. The fourth-order valence-electron chi connectivity index (χ4n) is 14.4. The van der Waals surface area contributed by atoms with E-state index >= 15 is 0 Å². The zero-order valence-corrected chi connectivity index (χ0v) is 75.1. The summed E-state index contributed by atoms with van der Waals surface area (Å²) in [5.74, 6) is -0.421. The molecule has 0 amide bonds. The lowest BCUT2D eigenvalue weighted by Gasteiger charge is -2.21. The molecule has 0 aromatic heterocycles. The van der Waals surface area contributed by atoms with Crippen molar-refractivity contribution in [1.29, 1.82) is 0 Å². The van der Waals surface area contributed by atoms with Crippen molar-refractivity contribution in [3.05, 3.63) is 0 Å². The Hall–Kier alpha value is -1.94. The van der Waals surface area contributed by atoms with Gasteiger partial charge in [-0.1, -0.05) is 446 Å². The molecule has 0 aliphatic carbocycles. The number of aliphatic hydroxyl groups excluding tert-OH is 1. The maximum Gasteiger partial charge on any atom is 0.472 e. The molecular weight excluding hydrogens is 1440 g/mol. The molecule has 0 fully saturated rings. The predicted molar refractivity (Wildman–Crippen MR) is 460 cm³/mol. The number of phosphoric ester groups is 2. The first-order valence-electron chi connectivity index (χ1n) is 47.5. The Morgan fingerprint density at radius 2 is 0.459 bits per heavy atom. The van der Waals surface area contributed by atoms with E-state index in [4.69, 9.17) is 37.0 Å². The van der Waals surface area contributed by atoms with E-state index in [-0.39, 0.29) is 25.7 Å². The zero-order valence-electron chi connectivity index (χ0n) is 73.3. The van der Waals surface area contributed by atoms with Gasteiger partial charge in [0.05, 0.1) is 26.4 Å². The van der Waals surface area contributed by atoms with E-state index < -0.39 is 97.5 Å². The number of carbonyl (C=O) groups excluding carboxylic acids is 4. The molecule has 0 heterocycles. The number of hydrogen-bond acceptors (Lipinski definition) is 15. The van der Waals surface area contributed by atoms with Crippen LogP contribution in [0.1, 0.15) is 497 Å². The maximum absolute atomic E-state index is 13.2. The summed E-state index contributed by atoms with van der Waals surface area (Å²) < 4.78 is 69.1. The Morgan fingerprint density at radius 3 is 0.685 bits per heavy atom. The van der Waals surface area contributed by atoms with Crippen molar-refractivity contribution < 1.29 is 80.2 Å². The van der Waals surface area contributed by atoms with E-state index in [1.165, 1.54) is 315 Å². The third kappa shape index (κ3) is 84.3. The third-order valence-electron chi connectivity index (χ3n) is 22.1. The van der Waals surface area contributed by atoms with Crippen LogP contribution in [0.4, 0.5) is 0 Å². The Bertz CT molecular complexity index is 2120. The van der Waals surface area contributed by atoms with Gasteiger partial charge in [0.25, 0.3) is 0 Å². The lowest BCUT2D eigenvalue weighted by molar-refractivity contribution is -0.161. The SMILES string of the molecule is CCCCCCCCCCCCCCCCCCCCCCCC(=O)OC[C@H](COP(=O)(O)OC[C@@H](O)COP(=O)(O)OC[C@@H](COC(=O)CCCCCCCCCCCC)OC(=O)CCCCCCCCCCCCCCCCCC(C)C)OC(=O)CCCCCCCCCCCCCCCCCCCCC(C)CC. The van der Waals surface area contributed by atoms with Crippen LogP contribution >= 0.6 is 15.6 Å². The summed E-state index contributed by atoms with van der Waals surface area (Å²) in [5.41, 5.74) is 0. The van der Waals surface area contributed by atoms with Crippen LogP contribution in [0, 0.1) is 11.8 Å². The summed E-state index contributed by atoms with van der Waals surface area (Å²) >= 11 is 0. The number of rotatable bonds is 91. The first-order chi connectivity index (χ1) is 53.9. The smallest absolute Gasteiger partial charge is 0.462 e. The quantitative estimate of drug-likeness (QED) is 0.0222. The first kappa shape index (κ1) is 109. The molecule has 0 aliphatic rings. The molecule has 0 radical (unpaired) electrons. The van der Waals surface area contributed by atoms with Crippen molar-refractivity contribution in [3.63, 3.8) is 0 Å². The highest BCUT2D eigenvalue weighted by Crippen LogP contribution is 2.45. The minimum atomic E-state index is -4.97. The second-order valence-corrected chi connectivity index (χ2v) is 36.7. The molecule has 19 heteroatoms. The first-order valence-corrected chi connectivity index (χ1v) is 50.5. The van der Waals surface area contributed by atoms with Gasteiger partial charge in [0, 0.05) is 25.7 Å². The molecule has 0 saturated heterocycles. The standard InChI is InChI=1S/C92H180O17P2/c1-7-10-12-14-16-18-20-21-22-23-24-25-26-30-35-40-45-51-57-63-69-75-90(95)103-81-88(109-92(97)76-70-64-58-52-46-41-36-31-28-27-29-34-39-44-49-55-61-67-73-85(6)9-3)83-107-111(100,101)105-79-86(93)78-104-110(98,99)106-82-87(80-102-89(94)74-68-62-56-50-19-17-15-13-11-8-2)108-91(96)77-71-65-59-53-47-42-37-32-33-38-43-48-54-60-66-72-84(4)5/h84-88,93H,7-83H2,1-6H3,(H,98,99)(H,100,101)/t85?,86-,87+,88+/m0/s1. The Kier molecular flexibility index (Phi) is 81.7. The fraction of sp³-hybridized carbons (Fsp3) is 0.957. The van der Waals surface area contributed by atoms with Crippen molar-refractivity contribution in [2.75, 3.05) is 39.6 Å². The lowest BCUT2D eigenvalue weighted by Crippen LogP contribution is -2.30. The summed E-state index contributed by atoms with van der Waals surface area (Å²) in [6, 6.07) is 0. The molecule has 0 rings (SSSR count). The molecule has 0 saturated carbocycles. The predicted octanol–water partition coefficient (Wildman–Crippen LogP) is 28.6. The van der Waals surface area contributed by atoms with E-state index in [0.717, 1.165) is 102 Å². The molecule has 3 unspecified atom stereocenters. The van der Waals surface area contributed by atoms with Gasteiger partial charge >= 0.3 is 39.5 Å². The summed E-state index contributed by atoms with van der Waals surface area (Å²) in [7, 11) is -9.93. The molecule has 0 aromatic carbocycles. The summed E-state index contributed by atoms with van der Waals surface area (Å²) in [6.45, 7) is 9.79. The topological polar surface area (TPSA) is 237 Å². The van der Waals surface area contributed by atoms with Crippen molar-refractivity contribution >= 4 is 39.5 Å². The van der Waals surface area contributed by atoms with Gasteiger partial charge in [-0.25, -0.2) is 9.13 Å². The minimum absolute atomic E-state index is 0.108. The minimum Gasteiger partial charge on any atom is -0.462 e. The molecule has 0 aromatic rings. The van der Waals surface area contributed by atoms with Gasteiger partial charge in [0.2, 0.25) is 0 Å². The molecular formula is C92H180O17P2. The van der Waals surface area contributed by atoms with Crippen molar-refractivity contribution in [1.82, 2.24) is 0 Å². The number of aliphatic hydroxyl groups is 1. The summed E-state index contributed by atoms with van der Waals surface area (Å²) in [4.78, 5) is 73.4. The highest BCUT2D eigenvalue weighted by molar-refractivity contribution is 7.47. The molecule has 17 nitrogen and oxygen atoms in total. The number of esters is 4. The number of phosphoric acid groups is 2. The van der Waals surface area contributed by atoms with Crippen molar-refractivity contribution in [2.24, 2.45) is 11.8 Å². The Labute approximate surface area is 683 Å². The van der Waals surface area contributed by atoms with Crippen LogP contribution in [0.25, 0.3) is 0 Å². The van der Waals surface area contributed by atoms with E-state index in [9.17, 15) is 43.2 Å². The highest BCUT2D eigenvalue weighted by Gasteiger charge is 2.31. The molecule has 0 aliphatic heterocycles. The van der Waals surface area contributed by atoms with Crippen LogP contribution in [0.3, 0.4) is 0 Å². The average molecular weight is 1620 g/mol. The monoisotopic (exact) mass is 1620 g/mol. The summed E-state index contributed by atoms with van der Waals surface area (Å²) in [6.07, 6.45) is 77.9. The van der Waals surface area contributed by atoms with E-state index in [2.05, 4.69) is 41.5 Å². The van der Waals surface area contributed by atoms with E-state index in [1.807, 2.05) is 0 Å². The normalized spacial score (nSPS) is 14.0. The Balaban J connectivity index is 5.21. The van der Waals surface area contributed by atoms with Gasteiger partial charge in [-0.2, -0.15) is 0 Å². The van der Waals surface area contributed by atoms with E-state index in [0.29, 0.717) is 25.7 Å². The number of carbonyl (C=O) groups is 4. The Morgan fingerprint density at radius 1 is 0.261 bits per heavy atom. The summed E-state index contributed by atoms with van der Waals surface area (Å²) in [5, 5.41) is 10.7. The lowest BCUT2D eigenvalue weighted by atomic mass is 9.99. The molecule has 3 N–H and O–H groups in total. The highest BCUT2D eigenvalue weighted by atomic mass is 31.2. The van der Waals surface area contributed by atoms with Crippen molar-refractivity contribution in [3.8, 4) is 0 Å². The van der Waals surface area contributed by atoms with Crippen LogP contribution in [0.2, 0.25) is 0 Å². The fourth-order valence-corrected chi connectivity index (χ4v) is 16.0. The van der Waals surface area contributed by atoms with Crippen LogP contribution in [-0.2, 0) is 65.4 Å². The maximum atomic E-state index is 13.2. The third-order valence-corrected chi connectivity index (χ3v) is 24.0. The van der Waals surface area contributed by atoms with Crippen LogP contribution in [0.15, 0.2) is 0 Å². The number of hydrogen-bond donors (Lipinski definition) is 3.